The van der Waals surface area contributed by atoms with Crippen molar-refractivity contribution in [2.24, 2.45) is 17.8 Å². The van der Waals surface area contributed by atoms with Crippen molar-refractivity contribution in [2.45, 2.75) is 51.7 Å². The Hall–Kier alpha value is -1.71. The number of amides is 1. The molecular formula is C19H27NO3. The van der Waals surface area contributed by atoms with Crippen LogP contribution in [0.1, 0.15) is 39.5 Å². The standard InChI is InChI=1S/C19H27NO3/c1-12(18-11-14-4-5-15(18)10-14)20-19(21)13(2)23-17-8-6-16(22-3)7-9-17/h6-9,12-15,18H,4-5,10-11H2,1-3H3,(H,20,21). The number of fused-ring (bicyclic) bond motifs is 2. The summed E-state index contributed by atoms with van der Waals surface area (Å²) in [5.74, 6) is 3.79. The molecule has 1 amide bonds. The van der Waals surface area contributed by atoms with E-state index in [4.69, 9.17) is 9.47 Å². The average Bonchev–Trinajstić information content (AvgIpc) is 3.18. The summed E-state index contributed by atoms with van der Waals surface area (Å²) in [5, 5.41) is 3.16. The summed E-state index contributed by atoms with van der Waals surface area (Å²) in [6.45, 7) is 3.94. The van der Waals surface area contributed by atoms with E-state index in [0.717, 1.165) is 17.6 Å². The number of carbonyl (C=O) groups excluding carboxylic acids is 1. The first-order valence-corrected chi connectivity index (χ1v) is 8.68. The third-order valence-electron chi connectivity index (χ3n) is 5.55. The van der Waals surface area contributed by atoms with Crippen LogP contribution in [-0.4, -0.2) is 25.2 Å². The van der Waals surface area contributed by atoms with E-state index in [2.05, 4.69) is 12.2 Å². The minimum absolute atomic E-state index is 0.0314. The summed E-state index contributed by atoms with van der Waals surface area (Å²) in [6.07, 6.45) is 4.87. The highest BCUT2D eigenvalue weighted by Gasteiger charge is 2.42. The van der Waals surface area contributed by atoms with E-state index in [1.165, 1.54) is 25.7 Å². The van der Waals surface area contributed by atoms with Crippen molar-refractivity contribution in [1.82, 2.24) is 5.32 Å². The number of nitrogens with one attached hydrogen (secondary N) is 1. The molecule has 2 aliphatic rings. The maximum absolute atomic E-state index is 12.4. The molecule has 5 atom stereocenters. The van der Waals surface area contributed by atoms with E-state index < -0.39 is 6.10 Å². The van der Waals surface area contributed by atoms with Gasteiger partial charge in [0.1, 0.15) is 11.5 Å². The normalized spacial score (nSPS) is 28.2. The van der Waals surface area contributed by atoms with E-state index in [1.54, 1.807) is 14.0 Å². The largest absolute Gasteiger partial charge is 0.497 e. The predicted octanol–water partition coefficient (Wildman–Crippen LogP) is 3.40. The summed E-state index contributed by atoms with van der Waals surface area (Å²) < 4.78 is 10.9. The lowest BCUT2D eigenvalue weighted by molar-refractivity contribution is -0.128. The molecule has 2 aliphatic carbocycles. The molecule has 0 aliphatic heterocycles. The highest BCUT2D eigenvalue weighted by Crippen LogP contribution is 2.49. The van der Waals surface area contributed by atoms with Crippen LogP contribution >= 0.6 is 0 Å². The van der Waals surface area contributed by atoms with Crippen LogP contribution in [-0.2, 0) is 4.79 Å². The van der Waals surface area contributed by atoms with Gasteiger partial charge < -0.3 is 14.8 Å². The molecule has 0 spiro atoms. The second kappa shape index (κ2) is 6.81. The van der Waals surface area contributed by atoms with Gasteiger partial charge in [-0.2, -0.15) is 0 Å². The molecule has 1 N–H and O–H groups in total. The summed E-state index contributed by atoms with van der Waals surface area (Å²) in [6, 6.07) is 7.54. The van der Waals surface area contributed by atoms with Crippen LogP contribution in [0.3, 0.4) is 0 Å². The fourth-order valence-corrected chi connectivity index (χ4v) is 4.27. The van der Waals surface area contributed by atoms with Gasteiger partial charge in [0, 0.05) is 6.04 Å². The first-order valence-electron chi connectivity index (χ1n) is 8.68. The van der Waals surface area contributed by atoms with Crippen LogP contribution in [0, 0.1) is 17.8 Å². The van der Waals surface area contributed by atoms with Gasteiger partial charge in [0.2, 0.25) is 0 Å². The molecule has 126 valence electrons. The summed E-state index contributed by atoms with van der Waals surface area (Å²) in [4.78, 5) is 12.4. The molecule has 0 saturated heterocycles. The van der Waals surface area contributed by atoms with Gasteiger partial charge in [-0.15, -0.1) is 0 Å². The Morgan fingerprint density at radius 1 is 1.13 bits per heavy atom. The van der Waals surface area contributed by atoms with Crippen molar-refractivity contribution >= 4 is 5.91 Å². The quantitative estimate of drug-likeness (QED) is 0.875. The zero-order valence-electron chi connectivity index (χ0n) is 14.2. The molecule has 1 aromatic rings. The summed E-state index contributed by atoms with van der Waals surface area (Å²) >= 11 is 0. The molecule has 1 aromatic carbocycles. The van der Waals surface area contributed by atoms with Crippen molar-refractivity contribution in [3.8, 4) is 11.5 Å². The van der Waals surface area contributed by atoms with Gasteiger partial charge in [-0.05, 0) is 75.1 Å². The molecule has 0 radical (unpaired) electrons. The van der Waals surface area contributed by atoms with Crippen molar-refractivity contribution in [3.63, 3.8) is 0 Å². The minimum atomic E-state index is -0.496. The Labute approximate surface area is 138 Å². The van der Waals surface area contributed by atoms with Gasteiger partial charge in [-0.3, -0.25) is 4.79 Å². The molecule has 0 heterocycles. The Bertz CT molecular complexity index is 542. The van der Waals surface area contributed by atoms with Crippen molar-refractivity contribution in [2.75, 3.05) is 7.11 Å². The molecule has 5 unspecified atom stereocenters. The smallest absolute Gasteiger partial charge is 0.260 e. The minimum Gasteiger partial charge on any atom is -0.497 e. The van der Waals surface area contributed by atoms with Gasteiger partial charge in [-0.25, -0.2) is 0 Å². The zero-order valence-corrected chi connectivity index (χ0v) is 14.2. The summed E-state index contributed by atoms with van der Waals surface area (Å²) in [5.41, 5.74) is 0. The van der Waals surface area contributed by atoms with E-state index in [0.29, 0.717) is 11.7 Å². The van der Waals surface area contributed by atoms with Crippen LogP contribution in [0.4, 0.5) is 0 Å². The van der Waals surface area contributed by atoms with E-state index in [9.17, 15) is 4.79 Å². The molecular weight excluding hydrogens is 290 g/mol. The number of hydrogen-bond acceptors (Lipinski definition) is 3. The lowest BCUT2D eigenvalue weighted by Crippen LogP contribution is -2.45. The van der Waals surface area contributed by atoms with Crippen LogP contribution < -0.4 is 14.8 Å². The number of ether oxygens (including phenoxy) is 2. The monoisotopic (exact) mass is 317 g/mol. The third kappa shape index (κ3) is 3.62. The highest BCUT2D eigenvalue weighted by atomic mass is 16.5. The molecule has 0 aromatic heterocycles. The average molecular weight is 317 g/mol. The Morgan fingerprint density at radius 3 is 2.39 bits per heavy atom. The van der Waals surface area contributed by atoms with Gasteiger partial charge in [0.25, 0.3) is 5.91 Å². The molecule has 4 nitrogen and oxygen atoms in total. The van der Waals surface area contributed by atoms with Crippen molar-refractivity contribution in [1.29, 1.82) is 0 Å². The summed E-state index contributed by atoms with van der Waals surface area (Å²) in [7, 11) is 1.63. The SMILES string of the molecule is COc1ccc(OC(C)C(=O)NC(C)C2CC3CCC2C3)cc1. The van der Waals surface area contributed by atoms with Gasteiger partial charge >= 0.3 is 0 Å². The fourth-order valence-electron chi connectivity index (χ4n) is 4.27. The van der Waals surface area contributed by atoms with Crippen LogP contribution in [0.5, 0.6) is 11.5 Å². The second-order valence-corrected chi connectivity index (χ2v) is 7.07. The zero-order chi connectivity index (χ0) is 16.4. The number of hydrogen-bond donors (Lipinski definition) is 1. The van der Waals surface area contributed by atoms with Gasteiger partial charge in [0.05, 0.1) is 7.11 Å². The van der Waals surface area contributed by atoms with E-state index in [-0.39, 0.29) is 11.9 Å². The number of carbonyl (C=O) groups is 1. The molecule has 2 fully saturated rings. The lowest BCUT2D eigenvalue weighted by Gasteiger charge is -2.29. The first-order chi connectivity index (χ1) is 11.1. The maximum atomic E-state index is 12.4. The molecule has 23 heavy (non-hydrogen) atoms. The number of benzene rings is 1. The molecule has 2 bridgehead atoms. The second-order valence-electron chi connectivity index (χ2n) is 7.07. The molecule has 4 heteroatoms. The number of methoxy groups -OCH3 is 1. The van der Waals surface area contributed by atoms with Gasteiger partial charge in [-0.1, -0.05) is 6.42 Å². The maximum Gasteiger partial charge on any atom is 0.260 e. The Balaban J connectivity index is 1.50. The Morgan fingerprint density at radius 2 is 1.83 bits per heavy atom. The van der Waals surface area contributed by atoms with E-state index >= 15 is 0 Å². The van der Waals surface area contributed by atoms with Crippen LogP contribution in [0.15, 0.2) is 24.3 Å². The van der Waals surface area contributed by atoms with Crippen molar-refractivity contribution < 1.29 is 14.3 Å². The Kier molecular flexibility index (Phi) is 4.79. The molecule has 2 saturated carbocycles. The third-order valence-corrected chi connectivity index (χ3v) is 5.55. The van der Waals surface area contributed by atoms with Crippen molar-refractivity contribution in [3.05, 3.63) is 24.3 Å². The molecule has 3 rings (SSSR count). The lowest BCUT2D eigenvalue weighted by atomic mass is 9.84. The van der Waals surface area contributed by atoms with Crippen LogP contribution in [0.2, 0.25) is 0 Å². The first kappa shape index (κ1) is 16.2. The predicted molar refractivity (Wildman–Crippen MR) is 89.6 cm³/mol. The fraction of sp³-hybridized carbons (Fsp3) is 0.632. The topological polar surface area (TPSA) is 47.6 Å². The van der Waals surface area contributed by atoms with E-state index in [1.807, 2.05) is 24.3 Å². The van der Waals surface area contributed by atoms with Gasteiger partial charge in [0.15, 0.2) is 6.10 Å². The van der Waals surface area contributed by atoms with Crippen LogP contribution in [0.25, 0.3) is 0 Å². The highest BCUT2D eigenvalue weighted by molar-refractivity contribution is 5.81. The number of rotatable bonds is 6.